The lowest BCUT2D eigenvalue weighted by Gasteiger charge is -2.14. The maximum absolute atomic E-state index is 13.4. The number of aliphatic hydroxyl groups is 1. The normalized spacial score (nSPS) is 15.1. The van der Waals surface area contributed by atoms with Crippen LogP contribution in [0.15, 0.2) is 28.0 Å². The summed E-state index contributed by atoms with van der Waals surface area (Å²) < 4.78 is 7.32. The summed E-state index contributed by atoms with van der Waals surface area (Å²) in [5.74, 6) is 0.220. The summed E-state index contributed by atoms with van der Waals surface area (Å²) in [4.78, 5) is 33.3. The van der Waals surface area contributed by atoms with Crippen molar-refractivity contribution in [1.82, 2.24) is 14.3 Å². The van der Waals surface area contributed by atoms with Crippen molar-refractivity contribution in [2.24, 2.45) is 0 Å². The predicted molar refractivity (Wildman–Crippen MR) is 146 cm³/mol. The summed E-state index contributed by atoms with van der Waals surface area (Å²) in [6.07, 6.45) is 10.1. The lowest BCUT2D eigenvalue weighted by atomic mass is 10.1. The molecule has 0 atom stereocenters. The van der Waals surface area contributed by atoms with Gasteiger partial charge in [0, 0.05) is 19.3 Å². The van der Waals surface area contributed by atoms with Crippen molar-refractivity contribution in [2.75, 3.05) is 38.2 Å². The van der Waals surface area contributed by atoms with Crippen molar-refractivity contribution in [3.8, 4) is 0 Å². The van der Waals surface area contributed by atoms with Crippen LogP contribution in [0, 0.1) is 6.92 Å². The molecule has 1 saturated heterocycles. The fraction of sp³-hybridized carbons (Fsp3) is 0.520. The maximum Gasteiger partial charge on any atom is 0.267 e. The summed E-state index contributed by atoms with van der Waals surface area (Å²) in [6, 6.07) is 3.69. The summed E-state index contributed by atoms with van der Waals surface area (Å²) in [5, 5.41) is 12.0. The number of carbonyl (C=O) groups is 1. The van der Waals surface area contributed by atoms with E-state index in [1.807, 2.05) is 13.0 Å². The number of hydrogen-bond acceptors (Lipinski definition) is 8. The highest BCUT2D eigenvalue weighted by molar-refractivity contribution is 8.26. The molecular weight excluding hydrogens is 484 g/mol. The average Bonchev–Trinajstić information content (AvgIpc) is 3.11. The van der Waals surface area contributed by atoms with E-state index < -0.39 is 0 Å². The quantitative estimate of drug-likeness (QED) is 0.220. The zero-order chi connectivity index (χ0) is 25.2. The highest BCUT2D eigenvalue weighted by Crippen LogP contribution is 2.33. The van der Waals surface area contributed by atoms with Gasteiger partial charge >= 0.3 is 0 Å². The summed E-state index contributed by atoms with van der Waals surface area (Å²) in [5.41, 5.74) is 1.44. The lowest BCUT2D eigenvalue weighted by Crippen LogP contribution is -2.29. The molecule has 2 N–H and O–H groups in total. The van der Waals surface area contributed by atoms with E-state index in [2.05, 4.69) is 17.2 Å². The lowest BCUT2D eigenvalue weighted by molar-refractivity contribution is -0.122. The molecule has 10 heteroatoms. The Balaban J connectivity index is 1.83. The second-order valence-electron chi connectivity index (χ2n) is 8.43. The highest BCUT2D eigenvalue weighted by atomic mass is 32.2. The summed E-state index contributed by atoms with van der Waals surface area (Å²) >= 11 is 6.70. The smallest absolute Gasteiger partial charge is 0.267 e. The summed E-state index contributed by atoms with van der Waals surface area (Å²) in [6.45, 7) is 5.60. The molecule has 190 valence electrons. The van der Waals surface area contributed by atoms with Gasteiger partial charge in [0.1, 0.15) is 15.8 Å². The fourth-order valence-electron chi connectivity index (χ4n) is 3.86. The van der Waals surface area contributed by atoms with Crippen molar-refractivity contribution in [1.29, 1.82) is 0 Å². The SMILES string of the molecule is CCCCCCCCN1C(=O)C(=Cc2c(NCCOCCO)nc3c(C)cccn3c2=O)SC1=S. The Labute approximate surface area is 215 Å². The number of anilines is 1. The number of unbranched alkanes of at least 4 members (excludes halogenated alkanes) is 5. The zero-order valence-corrected chi connectivity index (χ0v) is 22.1. The van der Waals surface area contributed by atoms with Gasteiger partial charge in [-0.2, -0.15) is 0 Å². The molecule has 3 rings (SSSR count). The first-order valence-electron chi connectivity index (χ1n) is 12.2. The van der Waals surface area contributed by atoms with E-state index in [1.165, 1.54) is 35.4 Å². The Morgan fingerprint density at radius 2 is 1.97 bits per heavy atom. The minimum atomic E-state index is -0.265. The maximum atomic E-state index is 13.4. The van der Waals surface area contributed by atoms with Crippen molar-refractivity contribution in [3.05, 3.63) is 44.7 Å². The molecule has 1 amide bonds. The van der Waals surface area contributed by atoms with Gasteiger partial charge < -0.3 is 15.2 Å². The molecule has 0 unspecified atom stereocenters. The average molecular weight is 519 g/mol. The van der Waals surface area contributed by atoms with Crippen LogP contribution in [-0.2, 0) is 9.53 Å². The van der Waals surface area contributed by atoms with Gasteiger partial charge in [-0.3, -0.25) is 18.9 Å². The molecular formula is C25H34N4O4S2. The van der Waals surface area contributed by atoms with E-state index in [4.69, 9.17) is 22.1 Å². The van der Waals surface area contributed by atoms with Gasteiger partial charge in [-0.05, 0) is 31.1 Å². The van der Waals surface area contributed by atoms with Crippen molar-refractivity contribution >= 4 is 51.7 Å². The van der Waals surface area contributed by atoms with Gasteiger partial charge in [-0.1, -0.05) is 69.1 Å². The molecule has 0 radical (unpaired) electrons. The van der Waals surface area contributed by atoms with E-state index >= 15 is 0 Å². The van der Waals surface area contributed by atoms with Crippen molar-refractivity contribution in [2.45, 2.75) is 52.4 Å². The van der Waals surface area contributed by atoms with E-state index in [0.717, 1.165) is 24.8 Å². The number of ether oxygens (including phenoxy) is 1. The minimum Gasteiger partial charge on any atom is -0.394 e. The van der Waals surface area contributed by atoms with Crippen molar-refractivity contribution in [3.63, 3.8) is 0 Å². The number of carbonyl (C=O) groups excluding carboxylic acids is 1. The standard InChI is InChI=1S/C25H34N4O4S2/c1-3-4-5-6-7-8-12-29-24(32)20(35-25(29)34)17-19-21(26-11-15-33-16-14-30)27-22-18(2)10-9-13-28(22)23(19)31/h9-10,13,17,26,30H,3-8,11-12,14-16H2,1-2H3. The van der Waals surface area contributed by atoms with Crippen LogP contribution in [0.2, 0.25) is 0 Å². The monoisotopic (exact) mass is 518 g/mol. The van der Waals surface area contributed by atoms with Gasteiger partial charge in [-0.15, -0.1) is 0 Å². The number of amides is 1. The van der Waals surface area contributed by atoms with Crippen LogP contribution in [-0.4, -0.2) is 62.5 Å². The molecule has 0 bridgehead atoms. The third-order valence-electron chi connectivity index (χ3n) is 5.74. The highest BCUT2D eigenvalue weighted by Gasteiger charge is 2.32. The number of aliphatic hydroxyl groups excluding tert-OH is 1. The molecule has 0 aliphatic carbocycles. The largest absolute Gasteiger partial charge is 0.394 e. The Hall–Kier alpha value is -2.27. The first-order valence-corrected chi connectivity index (χ1v) is 13.4. The number of thiocarbonyl (C=S) groups is 1. The molecule has 1 aliphatic rings. The molecule has 35 heavy (non-hydrogen) atoms. The second kappa shape index (κ2) is 13.7. The van der Waals surface area contributed by atoms with Gasteiger partial charge in [0.2, 0.25) is 0 Å². The van der Waals surface area contributed by atoms with E-state index in [9.17, 15) is 9.59 Å². The first kappa shape index (κ1) is 27.3. The molecule has 0 saturated carbocycles. The van der Waals surface area contributed by atoms with Crippen LogP contribution < -0.4 is 10.9 Å². The van der Waals surface area contributed by atoms with Crippen LogP contribution in [0.1, 0.15) is 56.6 Å². The molecule has 2 aromatic heterocycles. The molecule has 8 nitrogen and oxygen atoms in total. The number of aromatic nitrogens is 2. The predicted octanol–water partition coefficient (Wildman–Crippen LogP) is 3.99. The van der Waals surface area contributed by atoms with Crippen LogP contribution in [0.25, 0.3) is 11.7 Å². The Kier molecular flexibility index (Phi) is 10.7. The van der Waals surface area contributed by atoms with E-state index in [-0.39, 0.29) is 24.7 Å². The van der Waals surface area contributed by atoms with E-state index in [1.54, 1.807) is 23.2 Å². The van der Waals surface area contributed by atoms with Crippen LogP contribution in [0.5, 0.6) is 0 Å². The number of nitrogens with zero attached hydrogens (tertiary/aromatic N) is 3. The summed E-state index contributed by atoms with van der Waals surface area (Å²) in [7, 11) is 0. The molecule has 1 aliphatic heterocycles. The number of pyridine rings is 1. The molecule has 3 heterocycles. The Morgan fingerprint density at radius 3 is 2.74 bits per heavy atom. The third kappa shape index (κ3) is 7.13. The number of rotatable bonds is 14. The van der Waals surface area contributed by atoms with Gasteiger partial charge in [0.05, 0.1) is 30.3 Å². The fourth-order valence-corrected chi connectivity index (χ4v) is 5.15. The number of hydrogen-bond donors (Lipinski definition) is 2. The van der Waals surface area contributed by atoms with Crippen LogP contribution in [0.3, 0.4) is 0 Å². The van der Waals surface area contributed by atoms with Gasteiger partial charge in [-0.25, -0.2) is 4.98 Å². The molecule has 0 spiro atoms. The van der Waals surface area contributed by atoms with Crippen LogP contribution in [0.4, 0.5) is 5.82 Å². The second-order valence-corrected chi connectivity index (χ2v) is 10.1. The molecule has 0 aromatic carbocycles. The van der Waals surface area contributed by atoms with Crippen molar-refractivity contribution < 1.29 is 14.6 Å². The number of aryl methyl sites for hydroxylation is 1. The van der Waals surface area contributed by atoms with Crippen LogP contribution >= 0.6 is 24.0 Å². The minimum absolute atomic E-state index is 0.0550. The first-order chi connectivity index (χ1) is 17.0. The number of fused-ring (bicyclic) bond motifs is 1. The van der Waals surface area contributed by atoms with Gasteiger partial charge in [0.25, 0.3) is 11.5 Å². The third-order valence-corrected chi connectivity index (χ3v) is 7.12. The molecule has 2 aromatic rings. The topological polar surface area (TPSA) is 96.2 Å². The van der Waals surface area contributed by atoms with Gasteiger partial charge in [0.15, 0.2) is 0 Å². The number of thioether (sulfide) groups is 1. The Morgan fingerprint density at radius 1 is 1.20 bits per heavy atom. The zero-order valence-electron chi connectivity index (χ0n) is 20.4. The van der Waals surface area contributed by atoms with E-state index in [0.29, 0.717) is 46.0 Å². The number of nitrogens with one attached hydrogen (secondary N) is 1. The Bertz CT molecular complexity index is 1130. The molecule has 1 fully saturated rings.